The molecule has 8 heteroatoms. The maximum absolute atomic E-state index is 13.6. The predicted octanol–water partition coefficient (Wildman–Crippen LogP) is 4.59. The first-order chi connectivity index (χ1) is 18.2. The van der Waals surface area contributed by atoms with Crippen LogP contribution in [0.3, 0.4) is 0 Å². The van der Waals surface area contributed by atoms with Gasteiger partial charge in [-0.05, 0) is 67.3 Å². The molecular weight excluding hydrogens is 480 g/mol. The lowest BCUT2D eigenvalue weighted by Gasteiger charge is -2.20. The molecule has 0 saturated heterocycles. The Morgan fingerprint density at radius 3 is 2.34 bits per heavy atom. The summed E-state index contributed by atoms with van der Waals surface area (Å²) in [5.41, 5.74) is 8.18. The molecule has 194 valence electrons. The molecule has 0 bridgehead atoms. The monoisotopic (exact) mass is 510 g/mol. The van der Waals surface area contributed by atoms with Crippen LogP contribution in [0.1, 0.15) is 38.2 Å². The topological polar surface area (TPSA) is 123 Å². The van der Waals surface area contributed by atoms with E-state index >= 15 is 0 Å². The molecule has 0 aliphatic heterocycles. The number of anilines is 1. The van der Waals surface area contributed by atoms with Gasteiger partial charge in [-0.3, -0.25) is 19.6 Å². The molecule has 0 saturated carbocycles. The minimum Gasteiger partial charge on any atom is -0.361 e. The number of H-pyrrole nitrogens is 1. The number of hydrogen-bond acceptors (Lipinski definition) is 4. The second-order valence-electron chi connectivity index (χ2n) is 9.28. The molecule has 3 aromatic carbocycles. The van der Waals surface area contributed by atoms with E-state index in [4.69, 9.17) is 5.21 Å². The molecular formula is C30H30N4O4. The van der Waals surface area contributed by atoms with E-state index in [-0.39, 0.29) is 5.91 Å². The van der Waals surface area contributed by atoms with Crippen LogP contribution in [0.4, 0.5) is 5.69 Å². The Labute approximate surface area is 220 Å². The normalized spacial score (nSPS) is 11.9. The Hall–Kier alpha value is -4.69. The standard InChI is InChI=1S/C30H30N4O4/c1-18-14-19(2)28(20(3)15-18)33-30(37)26(16-23-17-31-25-7-5-4-6-24(23)25)32-29(36)22-11-8-21(9-12-22)10-13-27(35)34-38/h4-15,17,26,31,38H,16H2,1-3H3,(H,32,36)(H,33,37)(H,34,35)/b13-10+. The van der Waals surface area contributed by atoms with Crippen molar-refractivity contribution in [3.05, 3.63) is 106 Å². The van der Waals surface area contributed by atoms with Gasteiger partial charge in [0.25, 0.3) is 11.8 Å². The lowest BCUT2D eigenvalue weighted by Crippen LogP contribution is -2.45. The predicted molar refractivity (Wildman–Crippen MR) is 148 cm³/mol. The highest BCUT2D eigenvalue weighted by atomic mass is 16.5. The summed E-state index contributed by atoms with van der Waals surface area (Å²) in [4.78, 5) is 41.2. The minimum atomic E-state index is -0.838. The van der Waals surface area contributed by atoms with Crippen molar-refractivity contribution in [3.63, 3.8) is 0 Å². The number of aryl methyl sites for hydroxylation is 3. The number of para-hydroxylation sites is 1. The average molecular weight is 511 g/mol. The van der Waals surface area contributed by atoms with Crippen LogP contribution in [0.5, 0.6) is 0 Å². The van der Waals surface area contributed by atoms with E-state index in [0.29, 0.717) is 17.5 Å². The molecule has 1 aromatic heterocycles. The van der Waals surface area contributed by atoms with E-state index in [0.717, 1.165) is 38.8 Å². The number of aromatic nitrogens is 1. The van der Waals surface area contributed by atoms with Crippen molar-refractivity contribution >= 4 is 40.4 Å². The molecule has 0 aliphatic rings. The number of hydrogen-bond donors (Lipinski definition) is 5. The van der Waals surface area contributed by atoms with E-state index in [9.17, 15) is 14.4 Å². The molecule has 1 atom stereocenters. The number of benzene rings is 3. The van der Waals surface area contributed by atoms with Gasteiger partial charge in [-0.1, -0.05) is 48.0 Å². The number of fused-ring (bicyclic) bond motifs is 1. The van der Waals surface area contributed by atoms with Crippen molar-refractivity contribution in [1.29, 1.82) is 0 Å². The smallest absolute Gasteiger partial charge is 0.267 e. The van der Waals surface area contributed by atoms with Crippen molar-refractivity contribution in [3.8, 4) is 0 Å². The summed E-state index contributed by atoms with van der Waals surface area (Å²) in [7, 11) is 0. The van der Waals surface area contributed by atoms with E-state index in [1.165, 1.54) is 17.6 Å². The van der Waals surface area contributed by atoms with Gasteiger partial charge in [0, 0.05) is 40.8 Å². The van der Waals surface area contributed by atoms with Gasteiger partial charge in [-0.25, -0.2) is 5.48 Å². The Bertz CT molecular complexity index is 1500. The van der Waals surface area contributed by atoms with Crippen molar-refractivity contribution in [1.82, 2.24) is 15.8 Å². The Balaban J connectivity index is 1.58. The number of aromatic amines is 1. The number of amides is 3. The third-order valence-corrected chi connectivity index (χ3v) is 6.36. The summed E-state index contributed by atoms with van der Waals surface area (Å²) < 4.78 is 0. The molecule has 0 spiro atoms. The summed E-state index contributed by atoms with van der Waals surface area (Å²) in [6.07, 6.45) is 4.84. The quantitative estimate of drug-likeness (QED) is 0.135. The highest BCUT2D eigenvalue weighted by molar-refractivity contribution is 6.02. The van der Waals surface area contributed by atoms with Crippen LogP contribution in [-0.4, -0.2) is 34.0 Å². The van der Waals surface area contributed by atoms with Gasteiger partial charge in [0.1, 0.15) is 6.04 Å². The van der Waals surface area contributed by atoms with E-state index in [2.05, 4.69) is 15.6 Å². The van der Waals surface area contributed by atoms with Crippen LogP contribution in [0.2, 0.25) is 0 Å². The molecule has 4 aromatic rings. The molecule has 0 radical (unpaired) electrons. The molecule has 38 heavy (non-hydrogen) atoms. The molecule has 1 unspecified atom stereocenters. The van der Waals surface area contributed by atoms with Crippen molar-refractivity contribution in [2.45, 2.75) is 33.2 Å². The van der Waals surface area contributed by atoms with Gasteiger partial charge in [-0.2, -0.15) is 0 Å². The lowest BCUT2D eigenvalue weighted by molar-refractivity contribution is -0.124. The molecule has 3 amide bonds. The first kappa shape index (κ1) is 26.4. The average Bonchev–Trinajstić information content (AvgIpc) is 3.31. The van der Waals surface area contributed by atoms with Gasteiger partial charge >= 0.3 is 0 Å². The molecule has 0 fully saturated rings. The first-order valence-electron chi connectivity index (χ1n) is 12.2. The zero-order valence-corrected chi connectivity index (χ0v) is 21.5. The van der Waals surface area contributed by atoms with Crippen LogP contribution < -0.4 is 16.1 Å². The highest BCUT2D eigenvalue weighted by Gasteiger charge is 2.24. The maximum Gasteiger partial charge on any atom is 0.267 e. The lowest BCUT2D eigenvalue weighted by atomic mass is 10.0. The van der Waals surface area contributed by atoms with Gasteiger partial charge in [0.05, 0.1) is 0 Å². The molecule has 0 aliphatic carbocycles. The molecule has 5 N–H and O–H groups in total. The van der Waals surface area contributed by atoms with Crippen molar-refractivity contribution in [2.24, 2.45) is 0 Å². The maximum atomic E-state index is 13.6. The second-order valence-corrected chi connectivity index (χ2v) is 9.28. The van der Waals surface area contributed by atoms with E-state index in [1.54, 1.807) is 24.3 Å². The first-order valence-corrected chi connectivity index (χ1v) is 12.2. The fourth-order valence-electron chi connectivity index (χ4n) is 4.51. The number of nitrogens with one attached hydrogen (secondary N) is 4. The Kier molecular flexibility index (Phi) is 8.03. The van der Waals surface area contributed by atoms with Crippen LogP contribution in [0.15, 0.2) is 72.9 Å². The largest absolute Gasteiger partial charge is 0.361 e. The van der Waals surface area contributed by atoms with Gasteiger partial charge in [-0.15, -0.1) is 0 Å². The summed E-state index contributed by atoms with van der Waals surface area (Å²) in [5.74, 6) is -1.36. The summed E-state index contributed by atoms with van der Waals surface area (Å²) >= 11 is 0. The summed E-state index contributed by atoms with van der Waals surface area (Å²) in [6, 6.07) is 17.6. The van der Waals surface area contributed by atoms with E-state index in [1.807, 2.05) is 63.4 Å². The Morgan fingerprint density at radius 1 is 0.974 bits per heavy atom. The third kappa shape index (κ3) is 6.16. The fourth-order valence-corrected chi connectivity index (χ4v) is 4.51. The zero-order chi connectivity index (χ0) is 27.2. The van der Waals surface area contributed by atoms with Crippen LogP contribution in [0.25, 0.3) is 17.0 Å². The molecule has 4 rings (SSSR count). The number of hydroxylamine groups is 1. The van der Waals surface area contributed by atoms with Crippen LogP contribution in [0, 0.1) is 20.8 Å². The van der Waals surface area contributed by atoms with Gasteiger partial charge < -0.3 is 15.6 Å². The minimum absolute atomic E-state index is 0.294. The van der Waals surface area contributed by atoms with Crippen molar-refractivity contribution < 1.29 is 19.6 Å². The van der Waals surface area contributed by atoms with Crippen LogP contribution in [-0.2, 0) is 16.0 Å². The van der Waals surface area contributed by atoms with Gasteiger partial charge in [0.2, 0.25) is 5.91 Å². The number of carbonyl (C=O) groups is 3. The number of carbonyl (C=O) groups excluding carboxylic acids is 3. The number of rotatable bonds is 8. The summed E-state index contributed by atoms with van der Waals surface area (Å²) in [5, 5.41) is 15.5. The van der Waals surface area contributed by atoms with Crippen LogP contribution >= 0.6 is 0 Å². The molecule has 8 nitrogen and oxygen atoms in total. The fraction of sp³-hybridized carbons (Fsp3) is 0.167. The van der Waals surface area contributed by atoms with Crippen molar-refractivity contribution in [2.75, 3.05) is 5.32 Å². The highest BCUT2D eigenvalue weighted by Crippen LogP contribution is 2.24. The second kappa shape index (κ2) is 11.6. The Morgan fingerprint density at radius 2 is 1.66 bits per heavy atom. The SMILES string of the molecule is Cc1cc(C)c(NC(=O)C(Cc2c[nH]c3ccccc23)NC(=O)c2ccc(/C=C/C(=O)NO)cc2)c(C)c1. The van der Waals surface area contributed by atoms with Gasteiger partial charge in [0.15, 0.2) is 0 Å². The zero-order valence-electron chi connectivity index (χ0n) is 21.5. The van der Waals surface area contributed by atoms with E-state index < -0.39 is 17.9 Å². The summed E-state index contributed by atoms with van der Waals surface area (Å²) in [6.45, 7) is 5.90. The molecule has 1 heterocycles. The third-order valence-electron chi connectivity index (χ3n) is 6.36.